The second-order valence-electron chi connectivity index (χ2n) is 8.15. The lowest BCUT2D eigenvalue weighted by atomic mass is 10.0. The van der Waals surface area contributed by atoms with Crippen LogP contribution >= 0.6 is 12.2 Å². The van der Waals surface area contributed by atoms with E-state index in [9.17, 15) is 31.1 Å². The maximum absolute atomic E-state index is 14.3. The predicted molar refractivity (Wildman–Crippen MR) is 118 cm³/mol. The van der Waals surface area contributed by atoms with Gasteiger partial charge in [-0.05, 0) is 38.2 Å². The van der Waals surface area contributed by atoms with Crippen LogP contribution in [0.25, 0.3) is 0 Å². The lowest BCUT2D eigenvalue weighted by Gasteiger charge is -2.42. The van der Waals surface area contributed by atoms with Crippen molar-refractivity contribution in [2.45, 2.75) is 44.6 Å². The highest BCUT2D eigenvalue weighted by molar-refractivity contribution is 7.80. The van der Waals surface area contributed by atoms with Crippen molar-refractivity contribution in [3.63, 3.8) is 0 Å². The standard InChI is InChI=1S/C21H18F6N6OS/c1-10-13(22)5-6-15(31(4)17(30-10)16(23)24)33-19(35)32(18(34)20(33,2)3)11-7-12(21(25,26)27)14(8-28)29-9-11/h5,7,9,15-16H,1,6H2,2-4H3/b13-5+,30-17-. The number of alkyl halides is 5. The van der Waals surface area contributed by atoms with Crippen molar-refractivity contribution in [2.75, 3.05) is 11.9 Å². The molecule has 2 aliphatic heterocycles. The lowest BCUT2D eigenvalue weighted by Crippen LogP contribution is -2.58. The molecule has 14 heteroatoms. The number of hydrogen-bond acceptors (Lipinski definition) is 6. The van der Waals surface area contributed by atoms with Gasteiger partial charge in [0.15, 0.2) is 16.6 Å². The van der Waals surface area contributed by atoms with E-state index in [0.717, 1.165) is 22.1 Å². The zero-order chi connectivity index (χ0) is 26.5. The number of allylic oxidation sites excluding steroid dienone is 1. The van der Waals surface area contributed by atoms with Gasteiger partial charge in [0.25, 0.3) is 12.3 Å². The normalized spacial score (nSPS) is 24.1. The van der Waals surface area contributed by atoms with E-state index in [-0.39, 0.29) is 17.2 Å². The van der Waals surface area contributed by atoms with Gasteiger partial charge in [-0.25, -0.2) is 23.1 Å². The Bertz CT molecular complexity index is 1200. The fourth-order valence-electron chi connectivity index (χ4n) is 3.81. The van der Waals surface area contributed by atoms with E-state index in [0.29, 0.717) is 6.07 Å². The van der Waals surface area contributed by atoms with Crippen LogP contribution in [0.4, 0.5) is 32.0 Å². The third-order valence-corrected chi connectivity index (χ3v) is 5.98. The summed E-state index contributed by atoms with van der Waals surface area (Å²) in [7, 11) is 1.25. The lowest BCUT2D eigenvalue weighted by molar-refractivity contribution is -0.138. The topological polar surface area (TPSA) is 75.8 Å². The number of halogens is 6. The first-order valence-corrected chi connectivity index (χ1v) is 10.3. The van der Waals surface area contributed by atoms with Crippen molar-refractivity contribution in [3.8, 4) is 6.07 Å². The van der Waals surface area contributed by atoms with E-state index in [4.69, 9.17) is 17.5 Å². The molecule has 7 nitrogen and oxygen atoms in total. The number of hydrogen-bond donors (Lipinski definition) is 0. The Morgan fingerprint density at radius 1 is 1.34 bits per heavy atom. The summed E-state index contributed by atoms with van der Waals surface area (Å²) in [6.07, 6.45) is -7.54. The number of aliphatic imine (C=N–C) groups is 1. The first-order valence-electron chi connectivity index (χ1n) is 9.92. The van der Waals surface area contributed by atoms with Gasteiger partial charge in [-0.2, -0.15) is 18.4 Å². The quantitative estimate of drug-likeness (QED) is 0.439. The average molecular weight is 516 g/mol. The maximum atomic E-state index is 14.3. The van der Waals surface area contributed by atoms with Crippen LogP contribution in [0.1, 0.15) is 31.5 Å². The van der Waals surface area contributed by atoms with Crippen molar-refractivity contribution < 1.29 is 31.1 Å². The molecule has 1 amide bonds. The number of amidine groups is 1. The smallest absolute Gasteiger partial charge is 0.338 e. The van der Waals surface area contributed by atoms with E-state index in [2.05, 4.69) is 16.6 Å². The van der Waals surface area contributed by atoms with Crippen LogP contribution in [-0.2, 0) is 11.0 Å². The van der Waals surface area contributed by atoms with Crippen molar-refractivity contribution in [1.29, 1.82) is 5.26 Å². The molecule has 1 fully saturated rings. The summed E-state index contributed by atoms with van der Waals surface area (Å²) >= 11 is 5.41. The molecule has 0 radical (unpaired) electrons. The number of pyridine rings is 1. The van der Waals surface area contributed by atoms with Crippen LogP contribution < -0.4 is 4.90 Å². The molecular formula is C21H18F6N6OS. The Morgan fingerprint density at radius 3 is 2.51 bits per heavy atom. The van der Waals surface area contributed by atoms with Gasteiger partial charge in [-0.15, -0.1) is 0 Å². The summed E-state index contributed by atoms with van der Waals surface area (Å²) in [5.41, 5.74) is -4.68. The number of thiocarbonyl (C=S) groups is 1. The van der Waals surface area contributed by atoms with Gasteiger partial charge in [-0.1, -0.05) is 6.58 Å². The summed E-state index contributed by atoms with van der Waals surface area (Å²) < 4.78 is 82.2. The molecule has 0 N–H and O–H groups in total. The number of carbonyl (C=O) groups excluding carboxylic acids is 1. The van der Waals surface area contributed by atoms with Gasteiger partial charge in [0.2, 0.25) is 0 Å². The highest BCUT2D eigenvalue weighted by Crippen LogP contribution is 2.39. The minimum absolute atomic E-state index is 0.239. The number of anilines is 1. The molecule has 1 saturated heterocycles. The zero-order valence-corrected chi connectivity index (χ0v) is 19.4. The highest BCUT2D eigenvalue weighted by Gasteiger charge is 2.54. The maximum Gasteiger partial charge on any atom is 0.419 e. The van der Waals surface area contributed by atoms with Crippen LogP contribution in [-0.4, -0.2) is 56.8 Å². The van der Waals surface area contributed by atoms with E-state index in [1.807, 2.05) is 0 Å². The minimum Gasteiger partial charge on any atom is -0.338 e. The van der Waals surface area contributed by atoms with Gasteiger partial charge in [0.1, 0.15) is 23.6 Å². The van der Waals surface area contributed by atoms with Crippen LogP contribution in [0.5, 0.6) is 0 Å². The Balaban J connectivity index is 2.12. The largest absolute Gasteiger partial charge is 0.419 e. The van der Waals surface area contributed by atoms with Gasteiger partial charge >= 0.3 is 6.18 Å². The fourth-order valence-corrected chi connectivity index (χ4v) is 4.35. The van der Waals surface area contributed by atoms with Crippen molar-refractivity contribution in [2.24, 2.45) is 4.99 Å². The van der Waals surface area contributed by atoms with Gasteiger partial charge in [0.05, 0.1) is 23.1 Å². The van der Waals surface area contributed by atoms with Gasteiger partial charge in [-0.3, -0.25) is 9.69 Å². The number of amides is 1. The molecule has 0 aromatic carbocycles. The third kappa shape index (κ3) is 4.47. The average Bonchev–Trinajstić information content (AvgIpc) is 2.94. The molecule has 1 aromatic rings. The van der Waals surface area contributed by atoms with E-state index in [1.54, 1.807) is 0 Å². The zero-order valence-electron chi connectivity index (χ0n) is 18.6. The number of aromatic nitrogens is 1. The molecule has 1 atom stereocenters. The first kappa shape index (κ1) is 26.1. The number of rotatable bonds is 3. The molecule has 3 rings (SSSR count). The molecule has 0 bridgehead atoms. The molecule has 35 heavy (non-hydrogen) atoms. The molecule has 186 valence electrons. The number of nitrogens with zero attached hydrogens (tertiary/aromatic N) is 6. The summed E-state index contributed by atoms with van der Waals surface area (Å²) in [4.78, 5) is 23.4. The second-order valence-corrected chi connectivity index (χ2v) is 8.51. The fraction of sp³-hybridized carbons (Fsp3) is 0.381. The van der Waals surface area contributed by atoms with Gasteiger partial charge in [0, 0.05) is 13.5 Å². The number of carbonyl (C=O) groups is 1. The Labute approximate surface area is 201 Å². The van der Waals surface area contributed by atoms with Crippen LogP contribution in [0.3, 0.4) is 0 Å². The Hall–Kier alpha value is -3.47. The number of nitriles is 1. The molecule has 0 aliphatic carbocycles. The van der Waals surface area contributed by atoms with Crippen LogP contribution in [0.2, 0.25) is 0 Å². The molecule has 0 spiro atoms. The van der Waals surface area contributed by atoms with Crippen molar-refractivity contribution in [3.05, 3.63) is 47.7 Å². The monoisotopic (exact) mass is 516 g/mol. The predicted octanol–water partition coefficient (Wildman–Crippen LogP) is 4.38. The Kier molecular flexibility index (Phi) is 6.69. The third-order valence-electron chi connectivity index (χ3n) is 5.60. The van der Waals surface area contributed by atoms with Gasteiger partial charge < -0.3 is 9.80 Å². The van der Waals surface area contributed by atoms with Crippen molar-refractivity contribution in [1.82, 2.24) is 14.8 Å². The highest BCUT2D eigenvalue weighted by atomic mass is 32.1. The molecule has 0 saturated carbocycles. The summed E-state index contributed by atoms with van der Waals surface area (Å²) in [6, 6.07) is 1.91. The van der Waals surface area contributed by atoms with E-state index in [1.165, 1.54) is 31.9 Å². The van der Waals surface area contributed by atoms with Crippen LogP contribution in [0, 0.1) is 11.3 Å². The SMILES string of the molecule is C=C1/N=C(/C(F)F)N(C)C(N2C(=S)N(c3cnc(C#N)c(C(F)(F)F)c3)C(=O)C2(C)C)C/C=C\1F. The molecule has 1 unspecified atom stereocenters. The van der Waals surface area contributed by atoms with Crippen LogP contribution in [0.15, 0.2) is 41.4 Å². The van der Waals surface area contributed by atoms with E-state index < -0.39 is 58.8 Å². The molecule has 3 heterocycles. The molecule has 2 aliphatic rings. The first-order chi connectivity index (χ1) is 16.1. The summed E-state index contributed by atoms with van der Waals surface area (Å²) in [6.45, 7) is 6.12. The minimum atomic E-state index is -4.94. The molecular weight excluding hydrogens is 498 g/mol. The summed E-state index contributed by atoms with van der Waals surface area (Å²) in [5.74, 6) is -2.55. The van der Waals surface area contributed by atoms with Crippen molar-refractivity contribution >= 4 is 34.8 Å². The van der Waals surface area contributed by atoms with E-state index >= 15 is 0 Å². The summed E-state index contributed by atoms with van der Waals surface area (Å²) in [5, 5.41) is 8.66. The Morgan fingerprint density at radius 2 is 1.97 bits per heavy atom. The second kappa shape index (κ2) is 8.95. The molecule has 1 aromatic heterocycles.